The number of hydrogen-bond acceptors (Lipinski definition) is 2. The molecule has 2 aromatic rings. The molecule has 0 saturated carbocycles. The van der Waals surface area contributed by atoms with E-state index in [1.165, 1.54) is 0 Å². The number of amides is 1. The Morgan fingerprint density at radius 2 is 1.90 bits per heavy atom. The van der Waals surface area contributed by atoms with E-state index in [4.69, 9.17) is 11.6 Å². The van der Waals surface area contributed by atoms with E-state index in [0.717, 1.165) is 24.6 Å². The van der Waals surface area contributed by atoms with Crippen LogP contribution in [0, 0.1) is 0 Å². The highest BCUT2D eigenvalue weighted by Gasteiger charge is 2.12. The first-order chi connectivity index (χ1) is 9.74. The summed E-state index contributed by atoms with van der Waals surface area (Å²) in [7, 11) is 0. The van der Waals surface area contributed by atoms with Crippen molar-refractivity contribution >= 4 is 28.3 Å². The van der Waals surface area contributed by atoms with Crippen LogP contribution < -0.4 is 5.32 Å². The van der Waals surface area contributed by atoms with Crippen LogP contribution in [-0.2, 0) is 0 Å². The van der Waals surface area contributed by atoms with E-state index in [0.29, 0.717) is 23.4 Å². The first-order valence-corrected chi connectivity index (χ1v) is 7.32. The zero-order chi connectivity index (χ0) is 14.4. The molecule has 0 aliphatic carbocycles. The number of nitrogens with one attached hydrogen (secondary N) is 1. The molecule has 0 aromatic heterocycles. The van der Waals surface area contributed by atoms with E-state index < -0.39 is 0 Å². The average molecular weight is 292 g/mol. The van der Waals surface area contributed by atoms with Crippen LogP contribution in [0.25, 0.3) is 10.8 Å². The minimum Gasteiger partial charge on any atom is -0.506 e. The lowest BCUT2D eigenvalue weighted by atomic mass is 10.0. The van der Waals surface area contributed by atoms with Crippen LogP contribution in [0.4, 0.5) is 0 Å². The fraction of sp³-hybridized carbons (Fsp3) is 0.312. The number of phenols is 1. The van der Waals surface area contributed by atoms with Gasteiger partial charge in [-0.15, -0.1) is 11.6 Å². The Morgan fingerprint density at radius 3 is 2.70 bits per heavy atom. The zero-order valence-electron chi connectivity index (χ0n) is 11.2. The summed E-state index contributed by atoms with van der Waals surface area (Å²) in [5.41, 5.74) is 0.320. The lowest BCUT2D eigenvalue weighted by Crippen LogP contribution is -2.24. The highest BCUT2D eigenvalue weighted by molar-refractivity contribution is 6.17. The Balaban J connectivity index is 2.05. The molecule has 0 bridgehead atoms. The Labute approximate surface area is 123 Å². The number of aromatic hydroxyl groups is 1. The zero-order valence-corrected chi connectivity index (χ0v) is 12.0. The van der Waals surface area contributed by atoms with E-state index >= 15 is 0 Å². The first kappa shape index (κ1) is 14.7. The summed E-state index contributed by atoms with van der Waals surface area (Å²) in [5.74, 6) is 0.458. The fourth-order valence-corrected chi connectivity index (χ4v) is 2.32. The van der Waals surface area contributed by atoms with E-state index in [2.05, 4.69) is 5.32 Å². The number of carbonyl (C=O) groups excluding carboxylic acids is 1. The van der Waals surface area contributed by atoms with Crippen molar-refractivity contribution in [3.8, 4) is 5.75 Å². The standard InChI is InChI=1S/C16H18ClNO2/c17-10-4-1-5-11-18-16(20)14-9-8-12-6-2-3-7-13(12)15(14)19/h2-3,6-9,19H,1,4-5,10-11H2,(H,18,20). The summed E-state index contributed by atoms with van der Waals surface area (Å²) >= 11 is 5.59. The number of benzene rings is 2. The van der Waals surface area contributed by atoms with Gasteiger partial charge in [-0.1, -0.05) is 36.8 Å². The normalized spacial score (nSPS) is 10.7. The molecule has 0 atom stereocenters. The molecule has 3 nitrogen and oxygen atoms in total. The molecule has 4 heteroatoms. The molecule has 0 unspecified atom stereocenters. The number of rotatable bonds is 6. The van der Waals surface area contributed by atoms with Crippen LogP contribution in [0.2, 0.25) is 0 Å². The molecule has 20 heavy (non-hydrogen) atoms. The third kappa shape index (κ3) is 3.42. The van der Waals surface area contributed by atoms with Gasteiger partial charge in [0.25, 0.3) is 5.91 Å². The maximum absolute atomic E-state index is 12.0. The van der Waals surface area contributed by atoms with E-state index in [1.54, 1.807) is 6.07 Å². The van der Waals surface area contributed by atoms with Crippen molar-refractivity contribution in [1.82, 2.24) is 5.32 Å². The Bertz CT molecular complexity index is 598. The maximum Gasteiger partial charge on any atom is 0.255 e. The summed E-state index contributed by atoms with van der Waals surface area (Å²) in [6, 6.07) is 11.0. The lowest BCUT2D eigenvalue weighted by molar-refractivity contribution is 0.0950. The average Bonchev–Trinajstić information content (AvgIpc) is 2.47. The van der Waals surface area contributed by atoms with Gasteiger partial charge in [-0.2, -0.15) is 0 Å². The van der Waals surface area contributed by atoms with Gasteiger partial charge in [0, 0.05) is 17.8 Å². The molecule has 0 radical (unpaired) electrons. The second kappa shape index (κ2) is 7.15. The van der Waals surface area contributed by atoms with Crippen molar-refractivity contribution in [1.29, 1.82) is 0 Å². The lowest BCUT2D eigenvalue weighted by Gasteiger charge is -2.09. The number of alkyl halides is 1. The minimum absolute atomic E-state index is 0.0429. The van der Waals surface area contributed by atoms with Gasteiger partial charge in [0.2, 0.25) is 0 Å². The second-order valence-corrected chi connectivity index (χ2v) is 5.07. The van der Waals surface area contributed by atoms with Crippen LogP contribution >= 0.6 is 11.6 Å². The van der Waals surface area contributed by atoms with Crippen molar-refractivity contribution in [2.24, 2.45) is 0 Å². The maximum atomic E-state index is 12.0. The van der Waals surface area contributed by atoms with E-state index in [9.17, 15) is 9.90 Å². The molecule has 0 heterocycles. The van der Waals surface area contributed by atoms with Gasteiger partial charge in [-0.3, -0.25) is 4.79 Å². The Hall–Kier alpha value is -1.74. The van der Waals surface area contributed by atoms with Crippen LogP contribution in [-0.4, -0.2) is 23.4 Å². The molecular formula is C16H18ClNO2. The molecule has 1 amide bonds. The molecule has 2 rings (SSSR count). The van der Waals surface area contributed by atoms with Gasteiger partial charge in [-0.05, 0) is 24.3 Å². The predicted molar refractivity (Wildman–Crippen MR) is 82.5 cm³/mol. The quantitative estimate of drug-likeness (QED) is 0.630. The first-order valence-electron chi connectivity index (χ1n) is 6.79. The van der Waals surface area contributed by atoms with Gasteiger partial charge in [0.05, 0.1) is 5.56 Å². The third-order valence-electron chi connectivity index (χ3n) is 3.24. The highest BCUT2D eigenvalue weighted by atomic mass is 35.5. The van der Waals surface area contributed by atoms with Crippen molar-refractivity contribution < 1.29 is 9.90 Å². The highest BCUT2D eigenvalue weighted by Crippen LogP contribution is 2.28. The number of carbonyl (C=O) groups is 1. The number of fused-ring (bicyclic) bond motifs is 1. The predicted octanol–water partition coefficient (Wildman–Crippen LogP) is 3.68. The molecule has 0 saturated heterocycles. The van der Waals surface area contributed by atoms with Crippen LogP contribution in [0.5, 0.6) is 5.75 Å². The van der Waals surface area contributed by atoms with E-state index in [-0.39, 0.29) is 11.7 Å². The molecule has 0 aliphatic rings. The van der Waals surface area contributed by atoms with Gasteiger partial charge in [0.1, 0.15) is 5.75 Å². The third-order valence-corrected chi connectivity index (χ3v) is 3.51. The van der Waals surface area contributed by atoms with Crippen LogP contribution in [0.1, 0.15) is 29.6 Å². The number of phenolic OH excluding ortho intramolecular Hbond substituents is 1. The second-order valence-electron chi connectivity index (χ2n) is 4.69. The fourth-order valence-electron chi connectivity index (χ4n) is 2.13. The summed E-state index contributed by atoms with van der Waals surface area (Å²) in [6.07, 6.45) is 2.85. The van der Waals surface area contributed by atoms with Crippen LogP contribution in [0.3, 0.4) is 0 Å². The largest absolute Gasteiger partial charge is 0.506 e. The molecule has 2 aromatic carbocycles. The van der Waals surface area contributed by atoms with Crippen molar-refractivity contribution in [3.63, 3.8) is 0 Å². The van der Waals surface area contributed by atoms with Crippen molar-refractivity contribution in [2.45, 2.75) is 19.3 Å². The summed E-state index contributed by atoms with van der Waals surface area (Å²) < 4.78 is 0. The number of hydrogen-bond donors (Lipinski definition) is 2. The van der Waals surface area contributed by atoms with Crippen molar-refractivity contribution in [3.05, 3.63) is 42.0 Å². The van der Waals surface area contributed by atoms with Crippen molar-refractivity contribution in [2.75, 3.05) is 12.4 Å². The van der Waals surface area contributed by atoms with Gasteiger partial charge >= 0.3 is 0 Å². The van der Waals surface area contributed by atoms with Gasteiger partial charge in [-0.25, -0.2) is 0 Å². The smallest absolute Gasteiger partial charge is 0.255 e. The van der Waals surface area contributed by atoms with Gasteiger partial charge in [0.15, 0.2) is 0 Å². The molecule has 106 valence electrons. The minimum atomic E-state index is -0.237. The summed E-state index contributed by atoms with van der Waals surface area (Å²) in [4.78, 5) is 12.0. The van der Waals surface area contributed by atoms with Crippen LogP contribution in [0.15, 0.2) is 36.4 Å². The monoisotopic (exact) mass is 291 g/mol. The number of unbranched alkanes of at least 4 members (excludes halogenated alkanes) is 2. The molecule has 0 aliphatic heterocycles. The molecular weight excluding hydrogens is 274 g/mol. The Kier molecular flexibility index (Phi) is 5.24. The topological polar surface area (TPSA) is 49.3 Å². The summed E-state index contributed by atoms with van der Waals surface area (Å²) in [5, 5.41) is 14.6. The van der Waals surface area contributed by atoms with E-state index in [1.807, 2.05) is 30.3 Å². The van der Waals surface area contributed by atoms with Gasteiger partial charge < -0.3 is 10.4 Å². The molecule has 2 N–H and O–H groups in total. The number of halogens is 1. The molecule has 0 spiro atoms. The Morgan fingerprint density at radius 1 is 1.10 bits per heavy atom. The SMILES string of the molecule is O=C(NCCCCCCl)c1ccc2ccccc2c1O. The molecule has 0 fully saturated rings. The summed E-state index contributed by atoms with van der Waals surface area (Å²) in [6.45, 7) is 0.599.